The largest absolute Gasteiger partial charge is 0.508 e. The monoisotopic (exact) mass is 304 g/mol. The summed E-state index contributed by atoms with van der Waals surface area (Å²) in [6, 6.07) is 3.83. The maximum atomic E-state index is 12.1. The van der Waals surface area contributed by atoms with Crippen LogP contribution < -0.4 is 5.32 Å². The van der Waals surface area contributed by atoms with E-state index in [0.29, 0.717) is 23.8 Å². The van der Waals surface area contributed by atoms with E-state index >= 15 is 0 Å². The maximum absolute atomic E-state index is 12.1. The number of aromatic hydroxyl groups is 1. The fourth-order valence-electron chi connectivity index (χ4n) is 3.96. The quantitative estimate of drug-likeness (QED) is 0.646. The summed E-state index contributed by atoms with van der Waals surface area (Å²) >= 11 is 0. The molecule has 0 heterocycles. The van der Waals surface area contributed by atoms with Gasteiger partial charge in [0.1, 0.15) is 5.75 Å². The van der Waals surface area contributed by atoms with Crippen molar-refractivity contribution in [2.75, 3.05) is 0 Å². The molecule has 1 aromatic rings. The molecule has 2 bridgehead atoms. The zero-order valence-corrected chi connectivity index (χ0v) is 12.3. The number of nitro groups is 1. The smallest absolute Gasteiger partial charge is 0.270 e. The minimum absolute atomic E-state index is 0.0363. The predicted octanol–water partition coefficient (Wildman–Crippen LogP) is 2.74. The number of phenols is 1. The van der Waals surface area contributed by atoms with E-state index in [0.717, 1.165) is 12.3 Å². The average molecular weight is 304 g/mol. The number of hydrogen-bond donors (Lipinski definition) is 2. The van der Waals surface area contributed by atoms with Gasteiger partial charge in [-0.05, 0) is 43.1 Å². The van der Waals surface area contributed by atoms with Gasteiger partial charge in [0.05, 0.1) is 4.92 Å². The van der Waals surface area contributed by atoms with Gasteiger partial charge in [0, 0.05) is 30.7 Å². The Hall–Kier alpha value is -2.11. The molecule has 0 aromatic heterocycles. The summed E-state index contributed by atoms with van der Waals surface area (Å²) in [7, 11) is 0. The Kier molecular flexibility index (Phi) is 4.00. The standard InChI is InChI=1S/C16H20N2O4/c19-15-4-3-14(18(21)22)7-13(15)9-17-16(20)8-12-6-10-1-2-11(12)5-10/h3-4,7,10-12,19H,1-2,5-6,8-9H2,(H,17,20)/t10-,11+,12-/m0/s1. The van der Waals surface area contributed by atoms with Crippen LogP contribution in [0.2, 0.25) is 0 Å². The van der Waals surface area contributed by atoms with E-state index in [1.165, 1.54) is 37.5 Å². The first-order valence-corrected chi connectivity index (χ1v) is 7.76. The first kappa shape index (κ1) is 14.8. The lowest BCUT2D eigenvalue weighted by Crippen LogP contribution is -2.27. The number of amides is 1. The molecule has 2 fully saturated rings. The summed E-state index contributed by atoms with van der Waals surface area (Å²) in [4.78, 5) is 22.3. The third-order valence-electron chi connectivity index (χ3n) is 5.08. The van der Waals surface area contributed by atoms with E-state index < -0.39 is 4.92 Å². The lowest BCUT2D eigenvalue weighted by Gasteiger charge is -2.20. The van der Waals surface area contributed by atoms with Crippen LogP contribution in [0.4, 0.5) is 5.69 Å². The van der Waals surface area contributed by atoms with Crippen LogP contribution in [0.1, 0.15) is 37.7 Å². The molecule has 6 heteroatoms. The first-order valence-electron chi connectivity index (χ1n) is 7.76. The number of nitro benzene ring substituents is 1. The van der Waals surface area contributed by atoms with Crippen molar-refractivity contribution in [2.45, 2.75) is 38.6 Å². The molecule has 118 valence electrons. The number of fused-ring (bicyclic) bond motifs is 2. The molecule has 2 saturated carbocycles. The molecular formula is C16H20N2O4. The van der Waals surface area contributed by atoms with Crippen LogP contribution in [0, 0.1) is 27.9 Å². The van der Waals surface area contributed by atoms with Gasteiger partial charge in [0.2, 0.25) is 5.91 Å². The van der Waals surface area contributed by atoms with E-state index in [4.69, 9.17) is 0 Å². The van der Waals surface area contributed by atoms with Crippen molar-refractivity contribution < 1.29 is 14.8 Å². The van der Waals surface area contributed by atoms with Crippen molar-refractivity contribution in [3.8, 4) is 5.75 Å². The maximum Gasteiger partial charge on any atom is 0.270 e. The summed E-state index contributed by atoms with van der Waals surface area (Å²) in [5.74, 6) is 1.91. The van der Waals surface area contributed by atoms with Crippen molar-refractivity contribution in [1.82, 2.24) is 5.32 Å². The minimum atomic E-state index is -0.514. The van der Waals surface area contributed by atoms with Gasteiger partial charge >= 0.3 is 0 Å². The molecule has 2 aliphatic carbocycles. The Morgan fingerprint density at radius 2 is 2.18 bits per heavy atom. The zero-order valence-electron chi connectivity index (χ0n) is 12.3. The van der Waals surface area contributed by atoms with Gasteiger partial charge in [-0.2, -0.15) is 0 Å². The molecule has 3 atom stereocenters. The molecule has 1 aromatic carbocycles. The van der Waals surface area contributed by atoms with Gasteiger partial charge < -0.3 is 10.4 Å². The van der Waals surface area contributed by atoms with Crippen molar-refractivity contribution in [3.05, 3.63) is 33.9 Å². The lowest BCUT2D eigenvalue weighted by molar-refractivity contribution is -0.384. The molecule has 0 aliphatic heterocycles. The molecule has 22 heavy (non-hydrogen) atoms. The van der Waals surface area contributed by atoms with Crippen LogP contribution in [0.15, 0.2) is 18.2 Å². The van der Waals surface area contributed by atoms with Crippen molar-refractivity contribution in [1.29, 1.82) is 0 Å². The van der Waals surface area contributed by atoms with Crippen LogP contribution in [0.25, 0.3) is 0 Å². The van der Waals surface area contributed by atoms with Gasteiger partial charge in [-0.3, -0.25) is 14.9 Å². The third-order valence-corrected chi connectivity index (χ3v) is 5.08. The second-order valence-electron chi connectivity index (χ2n) is 6.49. The van der Waals surface area contributed by atoms with Gasteiger partial charge in [-0.25, -0.2) is 0 Å². The number of carbonyl (C=O) groups is 1. The summed E-state index contributed by atoms with van der Waals surface area (Å²) in [6.45, 7) is 0.118. The molecule has 0 saturated heterocycles. The Morgan fingerprint density at radius 3 is 2.82 bits per heavy atom. The molecule has 0 unspecified atom stereocenters. The summed E-state index contributed by atoms with van der Waals surface area (Å²) in [5, 5.41) is 23.2. The highest BCUT2D eigenvalue weighted by Crippen LogP contribution is 2.49. The fraction of sp³-hybridized carbons (Fsp3) is 0.562. The Morgan fingerprint density at radius 1 is 1.36 bits per heavy atom. The Bertz CT molecular complexity index is 602. The highest BCUT2D eigenvalue weighted by Gasteiger charge is 2.40. The number of nitrogens with zero attached hydrogens (tertiary/aromatic N) is 1. The molecular weight excluding hydrogens is 284 g/mol. The Balaban J connectivity index is 1.54. The fourth-order valence-corrected chi connectivity index (χ4v) is 3.96. The van der Waals surface area contributed by atoms with Crippen LogP contribution >= 0.6 is 0 Å². The van der Waals surface area contributed by atoms with Crippen LogP contribution in [0.3, 0.4) is 0 Å². The molecule has 6 nitrogen and oxygen atoms in total. The molecule has 3 rings (SSSR count). The SMILES string of the molecule is O=C(C[C@@H]1C[C@H]2CC[C@@H]1C2)NCc1cc([N+](=O)[O-])ccc1O. The number of phenolic OH excluding ortho intramolecular Hbond substituents is 1. The average Bonchev–Trinajstić information content (AvgIpc) is 3.08. The molecule has 1 amide bonds. The van der Waals surface area contributed by atoms with E-state index in [9.17, 15) is 20.0 Å². The number of benzene rings is 1. The van der Waals surface area contributed by atoms with E-state index in [2.05, 4.69) is 5.32 Å². The van der Waals surface area contributed by atoms with Crippen molar-refractivity contribution in [3.63, 3.8) is 0 Å². The number of nitrogens with one attached hydrogen (secondary N) is 1. The van der Waals surface area contributed by atoms with E-state index in [1.54, 1.807) is 0 Å². The van der Waals surface area contributed by atoms with Gasteiger partial charge in [0.25, 0.3) is 5.69 Å². The predicted molar refractivity (Wildman–Crippen MR) is 80.2 cm³/mol. The summed E-state index contributed by atoms with van der Waals surface area (Å²) in [5.41, 5.74) is 0.283. The number of hydrogen-bond acceptors (Lipinski definition) is 4. The summed E-state index contributed by atoms with van der Waals surface area (Å²) < 4.78 is 0. The van der Waals surface area contributed by atoms with Gasteiger partial charge in [-0.15, -0.1) is 0 Å². The second kappa shape index (κ2) is 5.94. The lowest BCUT2D eigenvalue weighted by atomic mass is 9.86. The first-order chi connectivity index (χ1) is 10.5. The topological polar surface area (TPSA) is 92.5 Å². The normalized spacial score (nSPS) is 26.1. The van der Waals surface area contributed by atoms with Crippen LogP contribution in [-0.2, 0) is 11.3 Å². The minimum Gasteiger partial charge on any atom is -0.508 e. The Labute approximate surface area is 128 Å². The zero-order chi connectivity index (χ0) is 15.7. The van der Waals surface area contributed by atoms with Gasteiger partial charge in [-0.1, -0.05) is 6.42 Å². The van der Waals surface area contributed by atoms with Crippen molar-refractivity contribution >= 4 is 11.6 Å². The van der Waals surface area contributed by atoms with Crippen LogP contribution in [-0.4, -0.2) is 15.9 Å². The molecule has 2 aliphatic rings. The van der Waals surface area contributed by atoms with E-state index in [-0.39, 0.29) is 23.9 Å². The molecule has 0 spiro atoms. The highest BCUT2D eigenvalue weighted by atomic mass is 16.6. The molecule has 0 radical (unpaired) electrons. The molecule has 2 N–H and O–H groups in total. The highest BCUT2D eigenvalue weighted by molar-refractivity contribution is 5.76. The van der Waals surface area contributed by atoms with Gasteiger partial charge in [0.15, 0.2) is 0 Å². The third kappa shape index (κ3) is 3.05. The summed E-state index contributed by atoms with van der Waals surface area (Å²) in [6.07, 6.45) is 5.50. The number of carbonyl (C=O) groups excluding carboxylic acids is 1. The number of non-ortho nitro benzene ring substituents is 1. The number of rotatable bonds is 5. The second-order valence-corrected chi connectivity index (χ2v) is 6.49. The van der Waals surface area contributed by atoms with Crippen molar-refractivity contribution in [2.24, 2.45) is 17.8 Å². The van der Waals surface area contributed by atoms with Crippen LogP contribution in [0.5, 0.6) is 5.75 Å². The van der Waals surface area contributed by atoms with E-state index in [1.807, 2.05) is 0 Å².